The van der Waals surface area contributed by atoms with Crippen molar-refractivity contribution < 1.29 is 19.4 Å². The van der Waals surface area contributed by atoms with Crippen LogP contribution in [0.15, 0.2) is 42.0 Å². The average Bonchev–Trinajstić information content (AvgIpc) is 3.52. The summed E-state index contributed by atoms with van der Waals surface area (Å²) in [6, 6.07) is 5.01. The van der Waals surface area contributed by atoms with Crippen LogP contribution in [-0.2, 0) is 16.1 Å². The number of carbonyl (C=O) groups excluding carboxylic acids is 2. The van der Waals surface area contributed by atoms with Gasteiger partial charge in [0.05, 0.1) is 13.0 Å². The lowest BCUT2D eigenvalue weighted by atomic mass is 9.80. The Morgan fingerprint density at radius 3 is 2.77 bits per heavy atom. The Kier molecular flexibility index (Phi) is 6.08. The van der Waals surface area contributed by atoms with Crippen LogP contribution in [0, 0.1) is 29.6 Å². The molecule has 166 valence electrons. The van der Waals surface area contributed by atoms with Gasteiger partial charge in [-0.05, 0) is 48.3 Å². The Bertz CT molecular complexity index is 914. The Balaban J connectivity index is 1.23. The van der Waals surface area contributed by atoms with Crippen molar-refractivity contribution in [2.24, 2.45) is 29.6 Å². The van der Waals surface area contributed by atoms with Crippen molar-refractivity contribution in [3.05, 3.63) is 47.6 Å². The van der Waals surface area contributed by atoms with Gasteiger partial charge in [-0.15, -0.1) is 0 Å². The molecule has 3 aliphatic rings. The van der Waals surface area contributed by atoms with Crippen molar-refractivity contribution in [1.29, 1.82) is 0 Å². The lowest BCUT2D eigenvalue weighted by molar-refractivity contribution is -0.144. The normalized spacial score (nSPS) is 25.1. The number of hydrogen-bond acceptors (Lipinski definition) is 4. The maximum absolute atomic E-state index is 12.9. The van der Waals surface area contributed by atoms with Crippen molar-refractivity contribution >= 4 is 11.8 Å². The second-order valence-electron chi connectivity index (χ2n) is 9.26. The molecule has 1 aromatic rings. The van der Waals surface area contributed by atoms with Crippen LogP contribution >= 0.6 is 0 Å². The summed E-state index contributed by atoms with van der Waals surface area (Å²) in [4.78, 5) is 27.2. The summed E-state index contributed by atoms with van der Waals surface area (Å²) in [7, 11) is 1.49. The zero-order chi connectivity index (χ0) is 22.1. The molecule has 6 nitrogen and oxygen atoms in total. The van der Waals surface area contributed by atoms with Crippen LogP contribution in [0.3, 0.4) is 0 Å². The molecule has 3 atom stereocenters. The Morgan fingerprint density at radius 1 is 1.29 bits per heavy atom. The van der Waals surface area contributed by atoms with E-state index in [1.807, 2.05) is 4.90 Å². The van der Waals surface area contributed by atoms with Crippen LogP contribution in [0.5, 0.6) is 11.5 Å². The fourth-order valence-electron chi connectivity index (χ4n) is 4.87. The number of hydrogen-bond donors (Lipinski definition) is 2. The first kappa shape index (κ1) is 21.5. The van der Waals surface area contributed by atoms with Gasteiger partial charge in [-0.1, -0.05) is 43.7 Å². The highest BCUT2D eigenvalue weighted by molar-refractivity contribution is 5.87. The maximum Gasteiger partial charge on any atom is 0.226 e. The first-order chi connectivity index (χ1) is 14.9. The van der Waals surface area contributed by atoms with Gasteiger partial charge in [0.25, 0.3) is 0 Å². The lowest BCUT2D eigenvalue weighted by Crippen LogP contribution is -2.56. The predicted octanol–water partition coefficient (Wildman–Crippen LogP) is 3.27. The molecule has 2 aliphatic carbocycles. The van der Waals surface area contributed by atoms with E-state index in [9.17, 15) is 14.7 Å². The average molecular weight is 425 g/mol. The van der Waals surface area contributed by atoms with E-state index in [0.717, 1.165) is 18.4 Å². The second kappa shape index (κ2) is 8.77. The van der Waals surface area contributed by atoms with Crippen LogP contribution in [0.25, 0.3) is 0 Å². The number of ether oxygens (including phenoxy) is 1. The molecule has 0 spiro atoms. The summed E-state index contributed by atoms with van der Waals surface area (Å²) in [5.74, 6) is 2.05. The van der Waals surface area contributed by atoms with Crippen LogP contribution in [0.1, 0.15) is 32.3 Å². The van der Waals surface area contributed by atoms with E-state index in [-0.39, 0.29) is 29.4 Å². The van der Waals surface area contributed by atoms with E-state index < -0.39 is 0 Å². The minimum atomic E-state index is -0.149. The molecule has 2 fully saturated rings. The van der Waals surface area contributed by atoms with E-state index in [1.165, 1.54) is 12.7 Å². The smallest absolute Gasteiger partial charge is 0.226 e. The van der Waals surface area contributed by atoms with E-state index in [4.69, 9.17) is 4.74 Å². The van der Waals surface area contributed by atoms with E-state index in [2.05, 4.69) is 37.4 Å². The van der Waals surface area contributed by atoms with Crippen molar-refractivity contribution in [2.75, 3.05) is 20.2 Å². The number of amides is 2. The third-order valence-corrected chi connectivity index (χ3v) is 6.86. The number of methoxy groups -OCH3 is 1. The summed E-state index contributed by atoms with van der Waals surface area (Å²) in [5.41, 5.74) is 2.32. The highest BCUT2D eigenvalue weighted by Gasteiger charge is 2.51. The summed E-state index contributed by atoms with van der Waals surface area (Å²) in [6.45, 7) is 5.83. The molecule has 0 bridgehead atoms. The number of nitrogens with one attached hydrogen (secondary N) is 1. The number of phenols is 1. The van der Waals surface area contributed by atoms with Gasteiger partial charge < -0.3 is 20.1 Å². The minimum Gasteiger partial charge on any atom is -0.504 e. The highest BCUT2D eigenvalue weighted by atomic mass is 16.5. The molecule has 1 saturated carbocycles. The van der Waals surface area contributed by atoms with Gasteiger partial charge in [-0.2, -0.15) is 0 Å². The number of likely N-dealkylation sites (tertiary alicyclic amines) is 1. The van der Waals surface area contributed by atoms with E-state index in [0.29, 0.717) is 43.1 Å². The van der Waals surface area contributed by atoms with Crippen LogP contribution in [-0.4, -0.2) is 42.0 Å². The molecule has 31 heavy (non-hydrogen) atoms. The molecule has 0 radical (unpaired) electrons. The Labute approximate surface area is 184 Å². The number of allylic oxidation sites excluding steroid dienone is 4. The van der Waals surface area contributed by atoms with Gasteiger partial charge in [0, 0.05) is 25.6 Å². The van der Waals surface area contributed by atoms with E-state index >= 15 is 0 Å². The lowest BCUT2D eigenvalue weighted by Gasteiger charge is -2.38. The van der Waals surface area contributed by atoms with Crippen molar-refractivity contribution in [2.45, 2.75) is 33.2 Å². The van der Waals surface area contributed by atoms with Gasteiger partial charge in [0.2, 0.25) is 11.8 Å². The third-order valence-electron chi connectivity index (χ3n) is 6.86. The van der Waals surface area contributed by atoms with Crippen molar-refractivity contribution in [3.8, 4) is 11.5 Å². The number of carbonyl (C=O) groups is 2. The maximum atomic E-state index is 12.9. The summed E-state index contributed by atoms with van der Waals surface area (Å²) < 4.78 is 5.10. The molecular weight excluding hydrogens is 392 g/mol. The molecule has 1 heterocycles. The number of benzene rings is 1. The molecule has 1 aromatic carbocycles. The van der Waals surface area contributed by atoms with Crippen molar-refractivity contribution in [3.63, 3.8) is 0 Å². The third kappa shape index (κ3) is 4.48. The van der Waals surface area contributed by atoms with Crippen LogP contribution in [0.2, 0.25) is 0 Å². The number of phenolic OH excluding ortho intramolecular Hbond substituents is 1. The standard InChI is InChI=1S/C25H32N2O4/c1-15(2)18-6-4-5-7-19(18)20-11-21(20)25(30)27-13-17(14-27)24(29)26-12-16-8-9-22(28)23(10-16)31-3/h4-6,8-10,15,17,19-21,28H,7,11-14H2,1-3H3,(H,26,29). The van der Waals surface area contributed by atoms with Gasteiger partial charge in [-0.25, -0.2) is 0 Å². The fraction of sp³-hybridized carbons (Fsp3) is 0.520. The van der Waals surface area contributed by atoms with Crippen LogP contribution < -0.4 is 10.1 Å². The largest absolute Gasteiger partial charge is 0.504 e. The number of nitrogens with zero attached hydrogens (tertiary/aromatic N) is 1. The molecule has 0 aromatic heterocycles. The monoisotopic (exact) mass is 424 g/mol. The molecular formula is C25H32N2O4. The molecule has 2 N–H and O–H groups in total. The predicted molar refractivity (Wildman–Crippen MR) is 118 cm³/mol. The van der Waals surface area contributed by atoms with Crippen molar-refractivity contribution in [1.82, 2.24) is 10.2 Å². The summed E-state index contributed by atoms with van der Waals surface area (Å²) in [5, 5.41) is 12.6. The zero-order valence-corrected chi connectivity index (χ0v) is 18.5. The summed E-state index contributed by atoms with van der Waals surface area (Å²) >= 11 is 0. The van der Waals surface area contributed by atoms with Crippen LogP contribution in [0.4, 0.5) is 0 Å². The van der Waals surface area contributed by atoms with Gasteiger partial charge in [0.15, 0.2) is 11.5 Å². The second-order valence-corrected chi connectivity index (χ2v) is 9.26. The molecule has 2 amide bonds. The zero-order valence-electron chi connectivity index (χ0n) is 18.5. The number of aromatic hydroxyl groups is 1. The van der Waals surface area contributed by atoms with Gasteiger partial charge in [-0.3, -0.25) is 9.59 Å². The quantitative estimate of drug-likeness (QED) is 0.704. The fourth-order valence-corrected chi connectivity index (χ4v) is 4.87. The molecule has 4 rings (SSSR count). The Morgan fingerprint density at radius 2 is 2.06 bits per heavy atom. The summed E-state index contributed by atoms with van der Waals surface area (Å²) in [6.07, 6.45) is 8.58. The minimum absolute atomic E-state index is 0.0362. The SMILES string of the molecule is COc1cc(CNC(=O)C2CN(C(=O)C3CC3C3CC=CC=C3C(C)C)C2)ccc1O. The first-order valence-corrected chi connectivity index (χ1v) is 11.2. The van der Waals surface area contributed by atoms with E-state index in [1.54, 1.807) is 18.2 Å². The molecule has 1 aliphatic heterocycles. The molecule has 1 saturated heterocycles. The highest BCUT2D eigenvalue weighted by Crippen LogP contribution is 2.51. The number of rotatable bonds is 7. The first-order valence-electron chi connectivity index (χ1n) is 11.2. The molecule has 3 unspecified atom stereocenters. The topological polar surface area (TPSA) is 78.9 Å². The van der Waals surface area contributed by atoms with Gasteiger partial charge in [0.1, 0.15) is 0 Å². The van der Waals surface area contributed by atoms with Gasteiger partial charge >= 0.3 is 0 Å². The molecule has 6 heteroatoms. The Hall–Kier alpha value is -2.76.